The molecule has 1 aliphatic rings. The molecule has 5 heteroatoms. The van der Waals surface area contributed by atoms with Gasteiger partial charge in [-0.15, -0.1) is 0 Å². The Morgan fingerprint density at radius 2 is 2.18 bits per heavy atom. The molecular formula is C17H20N2O3. The number of aromatic nitrogens is 1. The van der Waals surface area contributed by atoms with Gasteiger partial charge in [-0.1, -0.05) is 18.2 Å². The number of aromatic amines is 1. The molecule has 0 radical (unpaired) electrons. The van der Waals surface area contributed by atoms with E-state index in [1.54, 1.807) is 0 Å². The van der Waals surface area contributed by atoms with Crippen molar-refractivity contribution in [2.45, 2.75) is 38.6 Å². The van der Waals surface area contributed by atoms with Gasteiger partial charge in [0.1, 0.15) is 0 Å². The average Bonchev–Trinajstić information content (AvgIpc) is 3.07. The molecule has 3 rings (SSSR count). The number of carboxylic acids is 1. The summed E-state index contributed by atoms with van der Waals surface area (Å²) in [4.78, 5) is 26.4. The third-order valence-electron chi connectivity index (χ3n) is 4.51. The maximum Gasteiger partial charge on any atom is 0.306 e. The first-order valence-corrected chi connectivity index (χ1v) is 7.62. The fraction of sp³-hybridized carbons (Fsp3) is 0.412. The van der Waals surface area contributed by atoms with Gasteiger partial charge in [0.05, 0.1) is 12.3 Å². The molecule has 0 spiro atoms. The molecule has 2 atom stereocenters. The van der Waals surface area contributed by atoms with Gasteiger partial charge in [-0.25, -0.2) is 0 Å². The number of aliphatic carboxylic acids is 1. The Labute approximate surface area is 128 Å². The number of hydrogen-bond acceptors (Lipinski definition) is 2. The summed E-state index contributed by atoms with van der Waals surface area (Å²) in [6, 6.07) is 6.02. The molecule has 22 heavy (non-hydrogen) atoms. The summed E-state index contributed by atoms with van der Waals surface area (Å²) in [5, 5.41) is 13.0. The van der Waals surface area contributed by atoms with Gasteiger partial charge in [0.15, 0.2) is 0 Å². The Morgan fingerprint density at radius 1 is 1.36 bits per heavy atom. The van der Waals surface area contributed by atoms with Crippen molar-refractivity contribution < 1.29 is 14.7 Å². The van der Waals surface area contributed by atoms with E-state index in [0.29, 0.717) is 19.3 Å². The minimum absolute atomic E-state index is 0.0134. The molecule has 0 bridgehead atoms. The summed E-state index contributed by atoms with van der Waals surface area (Å²) < 4.78 is 0. The maximum atomic E-state index is 12.2. The van der Waals surface area contributed by atoms with E-state index in [1.165, 1.54) is 0 Å². The van der Waals surface area contributed by atoms with Crippen molar-refractivity contribution in [1.82, 2.24) is 10.3 Å². The van der Waals surface area contributed by atoms with E-state index >= 15 is 0 Å². The Balaban J connectivity index is 1.64. The SMILES string of the molecule is Cc1cccc2c(CC(=O)N[C@@H]3CC[C@H](C(=O)O)C3)c[nH]c12. The number of para-hydroxylation sites is 1. The van der Waals surface area contributed by atoms with Crippen LogP contribution in [0.2, 0.25) is 0 Å². The summed E-state index contributed by atoms with van der Waals surface area (Å²) >= 11 is 0. The summed E-state index contributed by atoms with van der Waals surface area (Å²) in [5.41, 5.74) is 3.20. The quantitative estimate of drug-likeness (QED) is 0.811. The predicted octanol–water partition coefficient (Wildman–Crippen LogP) is 2.39. The Hall–Kier alpha value is -2.30. The molecule has 1 aromatic carbocycles. The topological polar surface area (TPSA) is 82.2 Å². The van der Waals surface area contributed by atoms with E-state index in [0.717, 1.165) is 28.5 Å². The van der Waals surface area contributed by atoms with Gasteiger partial charge in [-0.3, -0.25) is 9.59 Å². The largest absolute Gasteiger partial charge is 0.481 e. The van der Waals surface area contributed by atoms with Crippen molar-refractivity contribution >= 4 is 22.8 Å². The highest BCUT2D eigenvalue weighted by atomic mass is 16.4. The van der Waals surface area contributed by atoms with E-state index < -0.39 is 5.97 Å². The molecule has 1 aliphatic carbocycles. The number of carbonyl (C=O) groups is 2. The molecule has 5 nitrogen and oxygen atoms in total. The molecule has 116 valence electrons. The summed E-state index contributed by atoms with van der Waals surface area (Å²) in [6.45, 7) is 2.03. The van der Waals surface area contributed by atoms with Gasteiger partial charge < -0.3 is 15.4 Å². The predicted molar refractivity (Wildman–Crippen MR) is 83.6 cm³/mol. The zero-order valence-electron chi connectivity index (χ0n) is 12.6. The van der Waals surface area contributed by atoms with Crippen LogP contribution in [0, 0.1) is 12.8 Å². The van der Waals surface area contributed by atoms with Crippen LogP contribution in [0.25, 0.3) is 10.9 Å². The highest BCUT2D eigenvalue weighted by Crippen LogP contribution is 2.26. The van der Waals surface area contributed by atoms with E-state index in [-0.39, 0.29) is 17.9 Å². The van der Waals surface area contributed by atoms with Gasteiger partial charge in [0.2, 0.25) is 5.91 Å². The van der Waals surface area contributed by atoms with Crippen molar-refractivity contribution in [1.29, 1.82) is 0 Å². The number of aryl methyl sites for hydroxylation is 1. The number of hydrogen-bond donors (Lipinski definition) is 3. The Kier molecular flexibility index (Phi) is 3.88. The Bertz CT molecular complexity index is 720. The molecule has 1 heterocycles. The zero-order chi connectivity index (χ0) is 15.7. The highest BCUT2D eigenvalue weighted by Gasteiger charge is 2.30. The molecule has 0 aliphatic heterocycles. The smallest absolute Gasteiger partial charge is 0.306 e. The van der Waals surface area contributed by atoms with E-state index in [9.17, 15) is 9.59 Å². The number of H-pyrrole nitrogens is 1. The number of carboxylic acid groups (broad SMARTS) is 1. The lowest BCUT2D eigenvalue weighted by molar-refractivity contribution is -0.141. The lowest BCUT2D eigenvalue weighted by Gasteiger charge is -2.12. The van der Waals surface area contributed by atoms with Gasteiger partial charge in [-0.05, 0) is 37.3 Å². The molecular weight excluding hydrogens is 280 g/mol. The van der Waals surface area contributed by atoms with Crippen LogP contribution in [0.15, 0.2) is 24.4 Å². The standard InChI is InChI=1S/C17H20N2O3/c1-10-3-2-4-14-12(9-18-16(10)14)8-15(20)19-13-6-5-11(7-13)17(21)22/h2-4,9,11,13,18H,5-8H2,1H3,(H,19,20)(H,21,22)/t11-,13+/m0/s1. The van der Waals surface area contributed by atoms with Crippen LogP contribution >= 0.6 is 0 Å². The molecule has 1 saturated carbocycles. The molecule has 2 aromatic rings. The lowest BCUT2D eigenvalue weighted by atomic mass is 10.1. The second-order valence-electron chi connectivity index (χ2n) is 6.10. The van der Waals surface area contributed by atoms with Crippen LogP contribution in [0.5, 0.6) is 0 Å². The number of amides is 1. The highest BCUT2D eigenvalue weighted by molar-refractivity contribution is 5.90. The van der Waals surface area contributed by atoms with Crippen LogP contribution in [0.3, 0.4) is 0 Å². The van der Waals surface area contributed by atoms with Crippen LogP contribution < -0.4 is 5.32 Å². The van der Waals surface area contributed by atoms with Crippen molar-refractivity contribution in [3.8, 4) is 0 Å². The van der Waals surface area contributed by atoms with Crippen LogP contribution in [0.4, 0.5) is 0 Å². The van der Waals surface area contributed by atoms with Crippen LogP contribution in [0.1, 0.15) is 30.4 Å². The van der Waals surface area contributed by atoms with Gasteiger partial charge in [0, 0.05) is 23.1 Å². The third kappa shape index (κ3) is 2.84. The maximum absolute atomic E-state index is 12.2. The number of fused-ring (bicyclic) bond motifs is 1. The average molecular weight is 300 g/mol. The fourth-order valence-corrected chi connectivity index (χ4v) is 3.30. The molecule has 0 saturated heterocycles. The van der Waals surface area contributed by atoms with Gasteiger partial charge in [0.25, 0.3) is 0 Å². The van der Waals surface area contributed by atoms with E-state index in [1.807, 2.05) is 31.3 Å². The van der Waals surface area contributed by atoms with Crippen molar-refractivity contribution in [2.75, 3.05) is 0 Å². The second-order valence-corrected chi connectivity index (χ2v) is 6.10. The van der Waals surface area contributed by atoms with Gasteiger partial charge in [-0.2, -0.15) is 0 Å². The lowest BCUT2D eigenvalue weighted by Crippen LogP contribution is -2.34. The number of benzene rings is 1. The first kappa shape index (κ1) is 14.6. The van der Waals surface area contributed by atoms with Crippen molar-refractivity contribution in [2.24, 2.45) is 5.92 Å². The van der Waals surface area contributed by atoms with Crippen molar-refractivity contribution in [3.63, 3.8) is 0 Å². The normalized spacial score (nSPS) is 21.1. The van der Waals surface area contributed by atoms with Gasteiger partial charge >= 0.3 is 5.97 Å². The number of nitrogens with one attached hydrogen (secondary N) is 2. The monoisotopic (exact) mass is 300 g/mol. The number of rotatable bonds is 4. The molecule has 3 N–H and O–H groups in total. The zero-order valence-corrected chi connectivity index (χ0v) is 12.6. The van der Waals surface area contributed by atoms with Crippen LogP contribution in [-0.2, 0) is 16.0 Å². The molecule has 1 amide bonds. The first-order valence-electron chi connectivity index (χ1n) is 7.62. The second kappa shape index (κ2) is 5.83. The summed E-state index contributed by atoms with van der Waals surface area (Å²) in [7, 11) is 0. The summed E-state index contributed by atoms with van der Waals surface area (Å²) in [6.07, 6.45) is 4.12. The Morgan fingerprint density at radius 3 is 2.91 bits per heavy atom. The fourth-order valence-electron chi connectivity index (χ4n) is 3.30. The minimum atomic E-state index is -0.760. The molecule has 0 unspecified atom stereocenters. The molecule has 1 fully saturated rings. The van der Waals surface area contributed by atoms with E-state index in [4.69, 9.17) is 5.11 Å². The minimum Gasteiger partial charge on any atom is -0.481 e. The molecule has 1 aromatic heterocycles. The first-order chi connectivity index (χ1) is 10.5. The van der Waals surface area contributed by atoms with Crippen molar-refractivity contribution in [3.05, 3.63) is 35.5 Å². The number of carbonyl (C=O) groups excluding carboxylic acids is 1. The third-order valence-corrected chi connectivity index (χ3v) is 4.51. The van der Waals surface area contributed by atoms with E-state index in [2.05, 4.69) is 10.3 Å². The van der Waals surface area contributed by atoms with Crippen LogP contribution in [-0.4, -0.2) is 28.0 Å². The summed E-state index contributed by atoms with van der Waals surface area (Å²) in [5.74, 6) is -1.12.